The lowest BCUT2D eigenvalue weighted by molar-refractivity contribution is -0.150. The highest BCUT2D eigenvalue weighted by atomic mass is 16.6. The average molecular weight is 354 g/mol. The average Bonchev–Trinajstić information content (AvgIpc) is 2.65. The number of hydrogen-bond acceptors (Lipinski definition) is 6. The zero-order valence-corrected chi connectivity index (χ0v) is 14.4. The number of ether oxygens (including phenoxy) is 3. The molecular weight excluding hydrogens is 336 g/mol. The molecule has 0 aliphatic rings. The van der Waals surface area contributed by atoms with E-state index >= 15 is 0 Å². The van der Waals surface area contributed by atoms with Gasteiger partial charge in [-0.05, 0) is 38.1 Å². The Morgan fingerprint density at radius 3 is 2.62 bits per heavy atom. The summed E-state index contributed by atoms with van der Waals surface area (Å²) in [5.41, 5.74) is 0.0454. The third kappa shape index (κ3) is 3.85. The number of para-hydroxylation sites is 1. The van der Waals surface area contributed by atoms with Crippen LogP contribution in [0, 0.1) is 0 Å². The molecule has 26 heavy (non-hydrogen) atoms. The van der Waals surface area contributed by atoms with E-state index in [1.807, 2.05) is 18.2 Å². The van der Waals surface area contributed by atoms with E-state index in [0.29, 0.717) is 22.5 Å². The predicted molar refractivity (Wildman–Crippen MR) is 95.7 cm³/mol. The van der Waals surface area contributed by atoms with E-state index in [4.69, 9.17) is 18.6 Å². The fourth-order valence-electron chi connectivity index (χ4n) is 2.36. The molecule has 3 rings (SSSR count). The summed E-state index contributed by atoms with van der Waals surface area (Å²) in [6, 6.07) is 13.7. The summed E-state index contributed by atoms with van der Waals surface area (Å²) in [5, 5.41) is 0.356. The normalized spacial score (nSPS) is 11.8. The Bertz CT molecular complexity index is 961. The van der Waals surface area contributed by atoms with Crippen molar-refractivity contribution in [2.75, 3.05) is 6.61 Å². The molecule has 0 saturated carbocycles. The number of rotatable bonds is 6. The molecule has 0 amide bonds. The number of esters is 1. The molecule has 0 N–H and O–H groups in total. The number of fused-ring (bicyclic) bond motifs is 1. The summed E-state index contributed by atoms with van der Waals surface area (Å²) in [7, 11) is 0. The van der Waals surface area contributed by atoms with E-state index in [1.165, 1.54) is 6.26 Å². The van der Waals surface area contributed by atoms with Gasteiger partial charge in [0, 0.05) is 6.07 Å². The monoisotopic (exact) mass is 354 g/mol. The minimum atomic E-state index is -0.764. The van der Waals surface area contributed by atoms with Gasteiger partial charge < -0.3 is 18.6 Å². The van der Waals surface area contributed by atoms with Crippen LogP contribution in [0.1, 0.15) is 13.8 Å². The lowest BCUT2D eigenvalue weighted by Crippen LogP contribution is -2.26. The topological polar surface area (TPSA) is 75.0 Å². The summed E-state index contributed by atoms with van der Waals surface area (Å²) in [5.74, 6) is 0.582. The van der Waals surface area contributed by atoms with E-state index in [9.17, 15) is 9.59 Å². The third-order valence-electron chi connectivity index (χ3n) is 3.62. The molecule has 134 valence electrons. The summed E-state index contributed by atoms with van der Waals surface area (Å²) in [6.45, 7) is 3.60. The highest BCUT2D eigenvalue weighted by Gasteiger charge is 2.17. The lowest BCUT2D eigenvalue weighted by Gasteiger charge is -2.13. The summed E-state index contributed by atoms with van der Waals surface area (Å²) in [4.78, 5) is 24.2. The third-order valence-corrected chi connectivity index (χ3v) is 3.62. The Kier molecular flexibility index (Phi) is 5.22. The summed E-state index contributed by atoms with van der Waals surface area (Å²) < 4.78 is 21.5. The van der Waals surface area contributed by atoms with Gasteiger partial charge in [0.25, 0.3) is 0 Å². The van der Waals surface area contributed by atoms with Crippen LogP contribution >= 0.6 is 0 Å². The second-order valence-electron chi connectivity index (χ2n) is 5.51. The van der Waals surface area contributed by atoms with Gasteiger partial charge in [-0.25, -0.2) is 4.79 Å². The van der Waals surface area contributed by atoms with Gasteiger partial charge in [-0.15, -0.1) is 0 Å². The minimum Gasteiger partial charge on any atom is -0.479 e. The van der Waals surface area contributed by atoms with Crippen molar-refractivity contribution in [3.8, 4) is 17.2 Å². The van der Waals surface area contributed by atoms with Crippen molar-refractivity contribution in [2.45, 2.75) is 20.0 Å². The van der Waals surface area contributed by atoms with Crippen LogP contribution in [0.2, 0.25) is 0 Å². The van der Waals surface area contributed by atoms with Gasteiger partial charge >= 0.3 is 5.97 Å². The zero-order chi connectivity index (χ0) is 18.5. The molecule has 1 aromatic heterocycles. The zero-order valence-electron chi connectivity index (χ0n) is 14.4. The maximum Gasteiger partial charge on any atom is 0.347 e. The van der Waals surface area contributed by atoms with Crippen molar-refractivity contribution in [1.29, 1.82) is 0 Å². The van der Waals surface area contributed by atoms with Gasteiger partial charge in [-0.2, -0.15) is 0 Å². The van der Waals surface area contributed by atoms with E-state index < -0.39 is 12.1 Å². The van der Waals surface area contributed by atoms with Gasteiger partial charge in [0.05, 0.1) is 12.0 Å². The summed E-state index contributed by atoms with van der Waals surface area (Å²) in [6.07, 6.45) is 0.496. The van der Waals surface area contributed by atoms with Crippen molar-refractivity contribution < 1.29 is 23.4 Å². The molecule has 6 nitrogen and oxygen atoms in total. The van der Waals surface area contributed by atoms with Crippen LogP contribution < -0.4 is 14.9 Å². The smallest absolute Gasteiger partial charge is 0.347 e. The molecule has 1 heterocycles. The highest BCUT2D eigenvalue weighted by Crippen LogP contribution is 2.24. The van der Waals surface area contributed by atoms with Crippen LogP contribution in [-0.2, 0) is 9.53 Å². The van der Waals surface area contributed by atoms with E-state index in [-0.39, 0.29) is 17.8 Å². The van der Waals surface area contributed by atoms with Crippen molar-refractivity contribution in [1.82, 2.24) is 0 Å². The van der Waals surface area contributed by atoms with Crippen LogP contribution in [0.4, 0.5) is 0 Å². The highest BCUT2D eigenvalue weighted by molar-refractivity contribution is 5.79. The molecule has 0 radical (unpaired) electrons. The number of carbonyl (C=O) groups is 1. The second kappa shape index (κ2) is 7.74. The van der Waals surface area contributed by atoms with Crippen LogP contribution in [0.3, 0.4) is 0 Å². The molecule has 0 fully saturated rings. The van der Waals surface area contributed by atoms with Crippen molar-refractivity contribution in [3.05, 3.63) is 65.0 Å². The number of carbonyl (C=O) groups excluding carboxylic acids is 1. The molecule has 0 aliphatic heterocycles. The SMILES string of the molecule is CCOC(=O)[C@H](C)Oc1ccc2c(=O)c(Oc3ccccc3)coc2c1. The Morgan fingerprint density at radius 2 is 1.88 bits per heavy atom. The van der Waals surface area contributed by atoms with Crippen molar-refractivity contribution in [3.63, 3.8) is 0 Å². The molecule has 0 aliphatic carbocycles. The van der Waals surface area contributed by atoms with Gasteiger partial charge in [0.15, 0.2) is 6.10 Å². The van der Waals surface area contributed by atoms with E-state index in [1.54, 1.807) is 44.2 Å². The fourth-order valence-corrected chi connectivity index (χ4v) is 2.36. The molecule has 0 saturated heterocycles. The Balaban J connectivity index is 1.84. The molecule has 2 aromatic carbocycles. The molecule has 1 atom stereocenters. The molecule has 0 bridgehead atoms. The Morgan fingerprint density at radius 1 is 1.12 bits per heavy atom. The van der Waals surface area contributed by atoms with Crippen LogP contribution in [0.25, 0.3) is 11.0 Å². The maximum absolute atomic E-state index is 12.6. The van der Waals surface area contributed by atoms with Gasteiger partial charge in [0.2, 0.25) is 11.2 Å². The predicted octanol–water partition coefficient (Wildman–Crippen LogP) is 3.92. The first kappa shape index (κ1) is 17.5. The fraction of sp³-hybridized carbons (Fsp3) is 0.200. The minimum absolute atomic E-state index is 0.0947. The number of hydrogen-bond donors (Lipinski definition) is 0. The quantitative estimate of drug-likeness (QED) is 0.625. The first-order chi connectivity index (χ1) is 12.6. The Hall–Kier alpha value is -3.28. The Labute approximate surface area is 149 Å². The molecule has 3 aromatic rings. The molecular formula is C20H18O6. The van der Waals surface area contributed by atoms with E-state index in [0.717, 1.165) is 0 Å². The van der Waals surface area contributed by atoms with E-state index in [2.05, 4.69) is 0 Å². The maximum atomic E-state index is 12.6. The molecule has 0 spiro atoms. The van der Waals surface area contributed by atoms with Crippen LogP contribution in [0.15, 0.2) is 64.0 Å². The summed E-state index contributed by atoms with van der Waals surface area (Å²) >= 11 is 0. The lowest BCUT2D eigenvalue weighted by atomic mass is 10.2. The standard InChI is InChI=1S/C20H18O6/c1-3-23-20(22)13(2)25-15-9-10-16-17(11-15)24-12-18(19(16)21)26-14-7-5-4-6-8-14/h4-13H,3H2,1-2H3/t13-/m0/s1. The number of benzene rings is 2. The van der Waals surface area contributed by atoms with Gasteiger partial charge in [-0.1, -0.05) is 18.2 Å². The first-order valence-electron chi connectivity index (χ1n) is 8.20. The van der Waals surface area contributed by atoms with Crippen molar-refractivity contribution >= 4 is 16.9 Å². The second-order valence-corrected chi connectivity index (χ2v) is 5.51. The van der Waals surface area contributed by atoms with Gasteiger partial charge in [0.1, 0.15) is 23.3 Å². The van der Waals surface area contributed by atoms with Crippen LogP contribution in [0.5, 0.6) is 17.2 Å². The molecule has 6 heteroatoms. The largest absolute Gasteiger partial charge is 0.479 e. The van der Waals surface area contributed by atoms with Crippen LogP contribution in [-0.4, -0.2) is 18.7 Å². The van der Waals surface area contributed by atoms with Crippen molar-refractivity contribution in [2.24, 2.45) is 0 Å². The van der Waals surface area contributed by atoms with Gasteiger partial charge in [-0.3, -0.25) is 4.79 Å². The first-order valence-corrected chi connectivity index (χ1v) is 8.20. The molecule has 0 unspecified atom stereocenters.